The Labute approximate surface area is 186 Å². The van der Waals surface area contributed by atoms with E-state index < -0.39 is 0 Å². The van der Waals surface area contributed by atoms with Gasteiger partial charge < -0.3 is 9.88 Å². The second-order valence-electron chi connectivity index (χ2n) is 7.98. The van der Waals surface area contributed by atoms with E-state index in [1.165, 1.54) is 21.7 Å². The lowest BCUT2D eigenvalue weighted by Crippen LogP contribution is -2.12. The van der Waals surface area contributed by atoms with E-state index in [2.05, 4.69) is 94.8 Å². The molecule has 3 heteroatoms. The lowest BCUT2D eigenvalue weighted by molar-refractivity contribution is 1.18. The molecule has 0 fully saturated rings. The fourth-order valence-corrected chi connectivity index (χ4v) is 4.46. The molecule has 0 aliphatic carbocycles. The molecule has 0 atom stereocenters. The number of para-hydroxylation sites is 2. The summed E-state index contributed by atoms with van der Waals surface area (Å²) in [4.78, 5) is 0. The zero-order valence-electron chi connectivity index (χ0n) is 17.4. The van der Waals surface area contributed by atoms with E-state index in [9.17, 15) is 0 Å². The number of hydrogen-bond acceptors (Lipinski definition) is 1. The standard InChI is InChI=1S/C29H21N3/c30-29(31-23-16-14-20-8-4-5-9-21(20)18-23)22-15-17-26-25-12-6-7-13-27(25)32(28(26)19-22)24-10-2-1-3-11-24/h1-19H,(H2,30,31). The van der Waals surface area contributed by atoms with Gasteiger partial charge in [0.1, 0.15) is 5.84 Å². The molecular formula is C29H21N3. The number of rotatable bonds is 3. The highest BCUT2D eigenvalue weighted by atomic mass is 15.0. The van der Waals surface area contributed by atoms with Gasteiger partial charge in [0.2, 0.25) is 0 Å². The molecule has 1 aromatic heterocycles. The fourth-order valence-electron chi connectivity index (χ4n) is 4.46. The number of fused-ring (bicyclic) bond motifs is 4. The molecule has 6 aromatic rings. The molecule has 2 N–H and O–H groups in total. The van der Waals surface area contributed by atoms with Crippen molar-refractivity contribution in [3.63, 3.8) is 0 Å². The summed E-state index contributed by atoms with van der Waals surface area (Å²) >= 11 is 0. The maximum absolute atomic E-state index is 8.74. The minimum absolute atomic E-state index is 0.382. The maximum atomic E-state index is 8.74. The van der Waals surface area contributed by atoms with Crippen molar-refractivity contribution in [3.8, 4) is 5.69 Å². The Balaban J connectivity index is 1.45. The number of nitrogens with one attached hydrogen (secondary N) is 2. The van der Waals surface area contributed by atoms with Gasteiger partial charge in [0.05, 0.1) is 11.0 Å². The van der Waals surface area contributed by atoms with E-state index in [-0.39, 0.29) is 0 Å². The van der Waals surface area contributed by atoms with Crippen LogP contribution in [0.25, 0.3) is 38.3 Å². The molecule has 6 rings (SSSR count). The van der Waals surface area contributed by atoms with Gasteiger partial charge in [-0.2, -0.15) is 0 Å². The summed E-state index contributed by atoms with van der Waals surface area (Å²) in [7, 11) is 0. The second-order valence-corrected chi connectivity index (χ2v) is 7.98. The van der Waals surface area contributed by atoms with Crippen LogP contribution in [0.15, 0.2) is 115 Å². The first kappa shape index (κ1) is 18.4. The van der Waals surface area contributed by atoms with Crippen molar-refractivity contribution in [1.82, 2.24) is 4.57 Å². The van der Waals surface area contributed by atoms with Crippen LogP contribution in [0.5, 0.6) is 0 Å². The van der Waals surface area contributed by atoms with Crippen LogP contribution in [-0.4, -0.2) is 10.4 Å². The maximum Gasteiger partial charge on any atom is 0.129 e. The smallest absolute Gasteiger partial charge is 0.129 e. The normalized spacial score (nSPS) is 11.2. The SMILES string of the molecule is N=C(Nc1ccc2ccccc2c1)c1ccc2c3ccccc3n(-c3ccccc3)c2c1. The summed E-state index contributed by atoms with van der Waals surface area (Å²) in [5, 5.41) is 16.8. The van der Waals surface area contributed by atoms with Crippen LogP contribution in [0.4, 0.5) is 5.69 Å². The molecule has 0 aliphatic heterocycles. The molecule has 32 heavy (non-hydrogen) atoms. The van der Waals surface area contributed by atoms with E-state index in [4.69, 9.17) is 5.41 Å². The number of aromatic nitrogens is 1. The third kappa shape index (κ3) is 3.03. The first-order valence-corrected chi connectivity index (χ1v) is 10.7. The quantitative estimate of drug-likeness (QED) is 0.232. The zero-order chi connectivity index (χ0) is 21.5. The van der Waals surface area contributed by atoms with Gasteiger partial charge in [0.25, 0.3) is 0 Å². The number of nitrogens with zero attached hydrogens (tertiary/aromatic N) is 1. The molecule has 1 heterocycles. The van der Waals surface area contributed by atoms with E-state index in [1.54, 1.807) is 0 Å². The average molecular weight is 412 g/mol. The Morgan fingerprint density at radius 1 is 0.594 bits per heavy atom. The minimum atomic E-state index is 0.382. The van der Waals surface area contributed by atoms with Crippen molar-refractivity contribution < 1.29 is 0 Å². The molecule has 5 aromatic carbocycles. The highest BCUT2D eigenvalue weighted by Gasteiger charge is 2.13. The van der Waals surface area contributed by atoms with Crippen LogP contribution >= 0.6 is 0 Å². The van der Waals surface area contributed by atoms with E-state index in [1.807, 2.05) is 30.3 Å². The molecule has 152 valence electrons. The third-order valence-electron chi connectivity index (χ3n) is 6.00. The minimum Gasteiger partial charge on any atom is -0.340 e. The fraction of sp³-hybridized carbons (Fsp3) is 0. The van der Waals surface area contributed by atoms with Crippen LogP contribution in [0.2, 0.25) is 0 Å². The van der Waals surface area contributed by atoms with E-state index >= 15 is 0 Å². The average Bonchev–Trinajstić information content (AvgIpc) is 3.18. The molecule has 0 saturated heterocycles. The van der Waals surface area contributed by atoms with Crippen LogP contribution < -0.4 is 5.32 Å². The Morgan fingerprint density at radius 2 is 1.31 bits per heavy atom. The number of amidine groups is 1. The number of benzene rings is 5. The van der Waals surface area contributed by atoms with Gasteiger partial charge in [-0.25, -0.2) is 0 Å². The van der Waals surface area contributed by atoms with Gasteiger partial charge >= 0.3 is 0 Å². The molecule has 0 spiro atoms. The second kappa shape index (κ2) is 7.40. The molecule has 0 unspecified atom stereocenters. The summed E-state index contributed by atoms with van der Waals surface area (Å²) in [6.45, 7) is 0. The van der Waals surface area contributed by atoms with Gasteiger partial charge in [-0.1, -0.05) is 78.9 Å². The molecular weight excluding hydrogens is 390 g/mol. The van der Waals surface area contributed by atoms with Crippen LogP contribution in [0.3, 0.4) is 0 Å². The Kier molecular flexibility index (Phi) is 4.25. The lowest BCUT2D eigenvalue weighted by atomic mass is 10.1. The first-order chi connectivity index (χ1) is 15.8. The molecule has 3 nitrogen and oxygen atoms in total. The molecule has 0 bridgehead atoms. The molecule has 0 amide bonds. The van der Waals surface area contributed by atoms with Crippen LogP contribution in [0.1, 0.15) is 5.56 Å². The Morgan fingerprint density at radius 3 is 2.19 bits per heavy atom. The molecule has 0 saturated carbocycles. The van der Waals surface area contributed by atoms with Gasteiger partial charge in [0, 0.05) is 27.7 Å². The summed E-state index contributed by atoms with van der Waals surface area (Å²) < 4.78 is 2.28. The van der Waals surface area contributed by atoms with Gasteiger partial charge in [-0.3, -0.25) is 5.41 Å². The van der Waals surface area contributed by atoms with Crippen molar-refractivity contribution in [1.29, 1.82) is 5.41 Å². The Bertz CT molecular complexity index is 1610. The van der Waals surface area contributed by atoms with Crippen molar-refractivity contribution in [2.75, 3.05) is 5.32 Å². The van der Waals surface area contributed by atoms with Gasteiger partial charge in [-0.05, 0) is 47.2 Å². The molecule has 0 radical (unpaired) electrons. The van der Waals surface area contributed by atoms with Gasteiger partial charge in [-0.15, -0.1) is 0 Å². The number of hydrogen-bond donors (Lipinski definition) is 2. The predicted molar refractivity (Wildman–Crippen MR) is 135 cm³/mol. The van der Waals surface area contributed by atoms with Crippen molar-refractivity contribution in [2.24, 2.45) is 0 Å². The van der Waals surface area contributed by atoms with E-state index in [0.717, 1.165) is 27.8 Å². The topological polar surface area (TPSA) is 40.8 Å². The van der Waals surface area contributed by atoms with Crippen molar-refractivity contribution in [2.45, 2.75) is 0 Å². The Hall–Kier alpha value is -4.37. The lowest BCUT2D eigenvalue weighted by Gasteiger charge is -2.11. The van der Waals surface area contributed by atoms with Gasteiger partial charge in [0.15, 0.2) is 0 Å². The number of anilines is 1. The van der Waals surface area contributed by atoms with Crippen LogP contribution in [-0.2, 0) is 0 Å². The van der Waals surface area contributed by atoms with E-state index in [0.29, 0.717) is 5.84 Å². The first-order valence-electron chi connectivity index (χ1n) is 10.7. The summed E-state index contributed by atoms with van der Waals surface area (Å²) in [5.74, 6) is 0.382. The van der Waals surface area contributed by atoms with Crippen molar-refractivity contribution in [3.05, 3.63) is 121 Å². The summed E-state index contributed by atoms with van der Waals surface area (Å²) in [6, 6.07) is 39.6. The van der Waals surface area contributed by atoms with Crippen molar-refractivity contribution >= 4 is 44.1 Å². The highest BCUT2D eigenvalue weighted by molar-refractivity contribution is 6.13. The predicted octanol–water partition coefficient (Wildman–Crippen LogP) is 7.37. The van der Waals surface area contributed by atoms with Crippen LogP contribution in [0, 0.1) is 5.41 Å². The molecule has 0 aliphatic rings. The largest absolute Gasteiger partial charge is 0.340 e. The zero-order valence-corrected chi connectivity index (χ0v) is 17.4. The highest BCUT2D eigenvalue weighted by Crippen LogP contribution is 2.32. The summed E-state index contributed by atoms with van der Waals surface area (Å²) in [5.41, 5.74) is 5.15. The summed E-state index contributed by atoms with van der Waals surface area (Å²) in [6.07, 6.45) is 0. The third-order valence-corrected chi connectivity index (χ3v) is 6.00. The monoisotopic (exact) mass is 411 g/mol.